The molecule has 0 saturated carbocycles. The summed E-state index contributed by atoms with van der Waals surface area (Å²) in [5, 5.41) is 2.35. The number of hydrogen-bond donors (Lipinski definition) is 1. The highest BCUT2D eigenvalue weighted by molar-refractivity contribution is 6.11. The summed E-state index contributed by atoms with van der Waals surface area (Å²) in [7, 11) is 1.44. The molecule has 6 nitrogen and oxygen atoms in total. The van der Waals surface area contributed by atoms with Crippen molar-refractivity contribution < 1.29 is 27.9 Å². The number of urea groups is 1. The van der Waals surface area contributed by atoms with Gasteiger partial charge < -0.3 is 10.1 Å². The van der Waals surface area contributed by atoms with Gasteiger partial charge in [0.15, 0.2) is 5.78 Å². The van der Waals surface area contributed by atoms with E-state index in [1.54, 1.807) is 12.1 Å². The van der Waals surface area contributed by atoms with Gasteiger partial charge in [-0.15, -0.1) is 0 Å². The van der Waals surface area contributed by atoms with Crippen molar-refractivity contribution in [3.05, 3.63) is 65.2 Å². The molecule has 1 aliphatic rings. The maximum absolute atomic E-state index is 14.1. The first-order chi connectivity index (χ1) is 12.8. The molecule has 0 unspecified atom stereocenters. The lowest BCUT2D eigenvalue weighted by Gasteiger charge is -2.22. The minimum atomic E-state index is -1.81. The molecule has 0 spiro atoms. The molecule has 1 fully saturated rings. The van der Waals surface area contributed by atoms with Crippen molar-refractivity contribution in [2.75, 3.05) is 13.7 Å². The number of Topliss-reactive ketones (excluding diaryl/α,β-unsaturated/α-hetero) is 1. The largest absolute Gasteiger partial charge is 0.497 e. The second-order valence-electron chi connectivity index (χ2n) is 6.23. The number of rotatable bonds is 5. The van der Waals surface area contributed by atoms with E-state index < -0.39 is 41.4 Å². The average molecular weight is 374 g/mol. The quantitative estimate of drug-likeness (QED) is 0.645. The molecule has 1 N–H and O–H groups in total. The van der Waals surface area contributed by atoms with Crippen molar-refractivity contribution in [1.29, 1.82) is 0 Å². The van der Waals surface area contributed by atoms with E-state index in [2.05, 4.69) is 5.32 Å². The van der Waals surface area contributed by atoms with Gasteiger partial charge in [-0.2, -0.15) is 0 Å². The number of ether oxygens (including phenoxy) is 1. The summed E-state index contributed by atoms with van der Waals surface area (Å²) in [4.78, 5) is 38.2. The zero-order valence-corrected chi connectivity index (χ0v) is 14.6. The summed E-state index contributed by atoms with van der Waals surface area (Å²) in [6, 6.07) is 8.02. The lowest BCUT2D eigenvalue weighted by atomic mass is 9.91. The average Bonchev–Trinajstić information content (AvgIpc) is 2.87. The summed E-state index contributed by atoms with van der Waals surface area (Å²) < 4.78 is 32.7. The second kappa shape index (κ2) is 6.79. The van der Waals surface area contributed by atoms with Crippen LogP contribution in [0.15, 0.2) is 42.5 Å². The highest BCUT2D eigenvalue weighted by Gasteiger charge is 2.50. The van der Waals surface area contributed by atoms with Crippen LogP contribution >= 0.6 is 0 Å². The first-order valence-electron chi connectivity index (χ1n) is 8.03. The summed E-state index contributed by atoms with van der Waals surface area (Å²) in [5.74, 6) is -2.48. The van der Waals surface area contributed by atoms with E-state index in [1.807, 2.05) is 0 Å². The monoisotopic (exact) mass is 374 g/mol. The summed E-state index contributed by atoms with van der Waals surface area (Å²) in [5.41, 5.74) is -1.87. The molecule has 1 atom stereocenters. The molecule has 1 aliphatic heterocycles. The number of imide groups is 1. The Bertz CT molecular complexity index is 947. The van der Waals surface area contributed by atoms with Gasteiger partial charge in [0.05, 0.1) is 13.7 Å². The van der Waals surface area contributed by atoms with Crippen molar-refractivity contribution in [2.45, 2.75) is 12.5 Å². The van der Waals surface area contributed by atoms with Crippen molar-refractivity contribution in [3.63, 3.8) is 0 Å². The van der Waals surface area contributed by atoms with Crippen LogP contribution < -0.4 is 10.1 Å². The van der Waals surface area contributed by atoms with E-state index in [9.17, 15) is 23.2 Å². The molecule has 0 radical (unpaired) electrons. The number of benzene rings is 2. The number of carbonyl (C=O) groups is 3. The third kappa shape index (κ3) is 3.25. The van der Waals surface area contributed by atoms with Crippen molar-refractivity contribution in [1.82, 2.24) is 10.2 Å². The first-order valence-corrected chi connectivity index (χ1v) is 8.03. The zero-order valence-electron chi connectivity index (χ0n) is 14.6. The molecule has 0 aromatic heterocycles. The lowest BCUT2D eigenvalue weighted by molar-refractivity contribution is -0.130. The predicted octanol–water partition coefficient (Wildman–Crippen LogP) is 2.62. The van der Waals surface area contributed by atoms with Crippen LogP contribution in [0.25, 0.3) is 0 Å². The van der Waals surface area contributed by atoms with Crippen LogP contribution in [0.4, 0.5) is 13.6 Å². The fourth-order valence-corrected chi connectivity index (χ4v) is 2.94. The van der Waals surface area contributed by atoms with Crippen LogP contribution in [0, 0.1) is 11.6 Å². The molecule has 3 rings (SSSR count). The number of nitrogens with one attached hydrogen (secondary N) is 1. The second-order valence-corrected chi connectivity index (χ2v) is 6.23. The number of amides is 3. The maximum Gasteiger partial charge on any atom is 0.325 e. The predicted molar refractivity (Wildman–Crippen MR) is 91.3 cm³/mol. The Balaban J connectivity index is 1.88. The van der Waals surface area contributed by atoms with Gasteiger partial charge in [-0.25, -0.2) is 13.6 Å². The van der Waals surface area contributed by atoms with Gasteiger partial charge in [-0.3, -0.25) is 14.5 Å². The van der Waals surface area contributed by atoms with Gasteiger partial charge in [0.1, 0.15) is 22.9 Å². The standard InChI is InChI=1S/C19H16F2N2O4/c1-19(14-9-12(20)6-7-15(14)21)17(25)23(18(26)22-19)10-16(24)11-4-3-5-13(8-11)27-2/h3-9H,10H2,1-2H3,(H,22,26)/t19-/m0/s1. The number of halogens is 2. The lowest BCUT2D eigenvalue weighted by Crippen LogP contribution is -2.42. The molecule has 1 heterocycles. The van der Waals surface area contributed by atoms with Gasteiger partial charge >= 0.3 is 6.03 Å². The number of methoxy groups -OCH3 is 1. The van der Waals surface area contributed by atoms with E-state index in [0.717, 1.165) is 18.2 Å². The van der Waals surface area contributed by atoms with Crippen molar-refractivity contribution >= 4 is 17.7 Å². The third-order valence-corrected chi connectivity index (χ3v) is 4.44. The molecular weight excluding hydrogens is 358 g/mol. The molecule has 3 amide bonds. The highest BCUT2D eigenvalue weighted by Crippen LogP contribution is 2.31. The van der Waals surface area contributed by atoms with Crippen LogP contribution in [0.5, 0.6) is 5.75 Å². The van der Waals surface area contributed by atoms with E-state index in [0.29, 0.717) is 10.6 Å². The van der Waals surface area contributed by atoms with Gasteiger partial charge in [0.25, 0.3) is 5.91 Å². The summed E-state index contributed by atoms with van der Waals surface area (Å²) in [6.07, 6.45) is 0. The molecule has 2 aromatic rings. The summed E-state index contributed by atoms with van der Waals surface area (Å²) in [6.45, 7) is 0.728. The first kappa shape index (κ1) is 18.5. The van der Waals surface area contributed by atoms with E-state index in [1.165, 1.54) is 26.2 Å². The maximum atomic E-state index is 14.1. The normalized spacial score (nSPS) is 19.2. The van der Waals surface area contributed by atoms with Crippen LogP contribution in [0.2, 0.25) is 0 Å². The Morgan fingerprint density at radius 2 is 1.93 bits per heavy atom. The Kier molecular flexibility index (Phi) is 4.65. The van der Waals surface area contributed by atoms with Crippen molar-refractivity contribution in [3.8, 4) is 5.75 Å². The summed E-state index contributed by atoms with van der Waals surface area (Å²) >= 11 is 0. The van der Waals surface area contributed by atoms with Crippen molar-refractivity contribution in [2.24, 2.45) is 0 Å². The van der Waals surface area contributed by atoms with Crippen LogP contribution in [-0.4, -0.2) is 36.3 Å². The SMILES string of the molecule is COc1cccc(C(=O)CN2C(=O)N[C@@](C)(c3cc(F)ccc3F)C2=O)c1. The third-order valence-electron chi connectivity index (χ3n) is 4.44. The molecular formula is C19H16F2N2O4. The minimum absolute atomic E-state index is 0.250. The number of hydrogen-bond acceptors (Lipinski definition) is 4. The molecule has 8 heteroatoms. The fourth-order valence-electron chi connectivity index (χ4n) is 2.94. The molecule has 2 aromatic carbocycles. The minimum Gasteiger partial charge on any atom is -0.497 e. The van der Waals surface area contributed by atoms with E-state index in [-0.39, 0.29) is 11.1 Å². The Hall–Kier alpha value is -3.29. The Labute approximate surface area is 153 Å². The number of carbonyl (C=O) groups excluding carboxylic acids is 3. The van der Waals surface area contributed by atoms with Crippen LogP contribution in [0.1, 0.15) is 22.8 Å². The Morgan fingerprint density at radius 3 is 2.63 bits per heavy atom. The topological polar surface area (TPSA) is 75.7 Å². The molecule has 0 bridgehead atoms. The molecule has 1 saturated heterocycles. The zero-order chi connectivity index (χ0) is 19.8. The van der Waals surface area contributed by atoms with Crippen LogP contribution in [-0.2, 0) is 10.3 Å². The molecule has 140 valence electrons. The van der Waals surface area contributed by atoms with Crippen LogP contribution in [0.3, 0.4) is 0 Å². The van der Waals surface area contributed by atoms with Gasteiger partial charge in [-0.1, -0.05) is 12.1 Å². The van der Waals surface area contributed by atoms with E-state index in [4.69, 9.17) is 4.74 Å². The molecule has 0 aliphatic carbocycles. The number of nitrogens with zero attached hydrogens (tertiary/aromatic N) is 1. The van der Waals surface area contributed by atoms with Gasteiger partial charge in [0, 0.05) is 11.1 Å². The van der Waals surface area contributed by atoms with Gasteiger partial charge in [0.2, 0.25) is 0 Å². The number of ketones is 1. The molecule has 27 heavy (non-hydrogen) atoms. The van der Waals surface area contributed by atoms with Gasteiger partial charge in [-0.05, 0) is 37.3 Å². The van der Waals surface area contributed by atoms with E-state index >= 15 is 0 Å². The highest BCUT2D eigenvalue weighted by atomic mass is 19.1. The smallest absolute Gasteiger partial charge is 0.325 e. The Morgan fingerprint density at radius 1 is 1.19 bits per heavy atom. The fraction of sp³-hybridized carbons (Fsp3) is 0.211.